The molecule has 1 saturated carbocycles. The summed E-state index contributed by atoms with van der Waals surface area (Å²) in [5.41, 5.74) is 1.22. The molecule has 0 aromatic heterocycles. The molecule has 2 N–H and O–H groups in total. The van der Waals surface area contributed by atoms with Crippen molar-refractivity contribution in [2.75, 3.05) is 5.32 Å². The van der Waals surface area contributed by atoms with Crippen LogP contribution in [0.4, 0.5) is 14.5 Å². The topological polar surface area (TPSA) is 58.2 Å². The van der Waals surface area contributed by atoms with E-state index in [1.165, 1.54) is 6.07 Å². The van der Waals surface area contributed by atoms with Gasteiger partial charge in [0.15, 0.2) is 0 Å². The van der Waals surface area contributed by atoms with Gasteiger partial charge < -0.3 is 10.6 Å². The van der Waals surface area contributed by atoms with Gasteiger partial charge in [-0.2, -0.15) is 0 Å². The van der Waals surface area contributed by atoms with E-state index in [4.69, 9.17) is 0 Å². The van der Waals surface area contributed by atoms with Crippen molar-refractivity contribution in [3.8, 4) is 0 Å². The molecule has 136 valence electrons. The third-order valence-corrected chi connectivity index (χ3v) is 4.64. The molecule has 1 aliphatic rings. The molecular formula is C20H20F2N2O2. The summed E-state index contributed by atoms with van der Waals surface area (Å²) in [7, 11) is 0. The fraction of sp³-hybridized carbons (Fsp3) is 0.300. The lowest BCUT2D eigenvalue weighted by Gasteiger charge is -2.15. The number of carbonyl (C=O) groups excluding carboxylic acids is 2. The quantitative estimate of drug-likeness (QED) is 0.847. The van der Waals surface area contributed by atoms with E-state index < -0.39 is 17.7 Å². The van der Waals surface area contributed by atoms with E-state index in [-0.39, 0.29) is 23.3 Å². The average Bonchev–Trinajstić information content (AvgIpc) is 3.32. The van der Waals surface area contributed by atoms with E-state index in [2.05, 4.69) is 10.6 Å². The summed E-state index contributed by atoms with van der Waals surface area (Å²) in [6.07, 6.45) is 0.907. The van der Waals surface area contributed by atoms with Gasteiger partial charge >= 0.3 is 0 Å². The molecule has 0 radical (unpaired) electrons. The molecule has 3 rings (SSSR count). The predicted molar refractivity (Wildman–Crippen MR) is 94.6 cm³/mol. The number of carbonyl (C=O) groups is 2. The SMILES string of the molecule is CC(NC(=O)c1ccc(NC(=O)C2CC2C)cc1)c1ccc(F)cc1F. The van der Waals surface area contributed by atoms with Crippen molar-refractivity contribution in [1.82, 2.24) is 5.32 Å². The molecule has 0 saturated heterocycles. The van der Waals surface area contributed by atoms with Gasteiger partial charge in [-0.05, 0) is 49.6 Å². The van der Waals surface area contributed by atoms with E-state index in [9.17, 15) is 18.4 Å². The van der Waals surface area contributed by atoms with Crippen LogP contribution in [-0.4, -0.2) is 11.8 Å². The van der Waals surface area contributed by atoms with Crippen LogP contribution in [0.25, 0.3) is 0 Å². The summed E-state index contributed by atoms with van der Waals surface area (Å²) in [4.78, 5) is 24.2. The Morgan fingerprint density at radius 2 is 1.77 bits per heavy atom. The van der Waals surface area contributed by atoms with E-state index >= 15 is 0 Å². The summed E-state index contributed by atoms with van der Waals surface area (Å²) in [6.45, 7) is 3.66. The zero-order valence-corrected chi connectivity index (χ0v) is 14.6. The van der Waals surface area contributed by atoms with Crippen LogP contribution in [0, 0.1) is 23.5 Å². The van der Waals surface area contributed by atoms with E-state index in [0.717, 1.165) is 18.6 Å². The van der Waals surface area contributed by atoms with Crippen LogP contribution in [0.3, 0.4) is 0 Å². The van der Waals surface area contributed by atoms with Crippen molar-refractivity contribution in [2.45, 2.75) is 26.3 Å². The molecule has 4 nitrogen and oxygen atoms in total. The highest BCUT2D eigenvalue weighted by molar-refractivity contribution is 5.97. The van der Waals surface area contributed by atoms with Crippen molar-refractivity contribution in [2.24, 2.45) is 11.8 Å². The van der Waals surface area contributed by atoms with Gasteiger partial charge in [-0.15, -0.1) is 0 Å². The first-order valence-electron chi connectivity index (χ1n) is 8.52. The molecule has 6 heteroatoms. The maximum Gasteiger partial charge on any atom is 0.251 e. The van der Waals surface area contributed by atoms with Crippen molar-refractivity contribution < 1.29 is 18.4 Å². The molecule has 0 bridgehead atoms. The maximum absolute atomic E-state index is 13.8. The van der Waals surface area contributed by atoms with Crippen LogP contribution < -0.4 is 10.6 Å². The van der Waals surface area contributed by atoms with Crippen LogP contribution >= 0.6 is 0 Å². The van der Waals surface area contributed by atoms with Gasteiger partial charge in [0.05, 0.1) is 6.04 Å². The highest BCUT2D eigenvalue weighted by Gasteiger charge is 2.39. The first-order chi connectivity index (χ1) is 12.3. The smallest absolute Gasteiger partial charge is 0.251 e. The second-order valence-electron chi connectivity index (χ2n) is 6.75. The minimum atomic E-state index is -0.704. The molecule has 2 amide bonds. The molecule has 3 atom stereocenters. The molecule has 1 fully saturated rings. The minimum Gasteiger partial charge on any atom is -0.345 e. The molecule has 0 heterocycles. The van der Waals surface area contributed by atoms with Gasteiger partial charge in [0.2, 0.25) is 5.91 Å². The molecule has 3 unspecified atom stereocenters. The zero-order chi connectivity index (χ0) is 18.8. The van der Waals surface area contributed by atoms with Gasteiger partial charge in [-0.3, -0.25) is 9.59 Å². The number of hydrogen-bond donors (Lipinski definition) is 2. The highest BCUT2D eigenvalue weighted by atomic mass is 19.1. The third kappa shape index (κ3) is 4.07. The van der Waals surface area contributed by atoms with E-state index in [0.29, 0.717) is 17.2 Å². The van der Waals surface area contributed by atoms with Gasteiger partial charge in [0.25, 0.3) is 5.91 Å². The lowest BCUT2D eigenvalue weighted by molar-refractivity contribution is -0.117. The largest absolute Gasteiger partial charge is 0.345 e. The van der Waals surface area contributed by atoms with Crippen LogP contribution in [0.2, 0.25) is 0 Å². The van der Waals surface area contributed by atoms with Crippen LogP contribution in [0.5, 0.6) is 0 Å². The van der Waals surface area contributed by atoms with Crippen LogP contribution in [-0.2, 0) is 4.79 Å². The molecule has 2 aromatic carbocycles. The standard InChI is InChI=1S/C20H20F2N2O2/c1-11-9-17(11)20(26)24-15-6-3-13(4-7-15)19(25)23-12(2)16-8-5-14(21)10-18(16)22/h3-8,10-12,17H,9H2,1-2H3,(H,23,25)(H,24,26). The van der Waals surface area contributed by atoms with Crippen LogP contribution in [0.1, 0.15) is 42.2 Å². The summed E-state index contributed by atoms with van der Waals surface area (Å²) >= 11 is 0. The van der Waals surface area contributed by atoms with E-state index in [1.54, 1.807) is 31.2 Å². The number of nitrogens with one attached hydrogen (secondary N) is 2. The molecule has 2 aromatic rings. The second kappa shape index (κ2) is 7.23. The van der Waals surface area contributed by atoms with E-state index in [1.807, 2.05) is 6.92 Å². The molecule has 1 aliphatic carbocycles. The Bertz CT molecular complexity index is 836. The Balaban J connectivity index is 1.61. The summed E-state index contributed by atoms with van der Waals surface area (Å²) in [5.74, 6) is -1.25. The lowest BCUT2D eigenvalue weighted by atomic mass is 10.1. The Labute approximate surface area is 150 Å². The number of benzene rings is 2. The van der Waals surface area contributed by atoms with Gasteiger partial charge in [-0.1, -0.05) is 13.0 Å². The Morgan fingerprint density at radius 1 is 1.12 bits per heavy atom. The maximum atomic E-state index is 13.8. The average molecular weight is 358 g/mol. The summed E-state index contributed by atoms with van der Waals surface area (Å²) in [5, 5.41) is 5.50. The number of halogens is 2. The third-order valence-electron chi connectivity index (χ3n) is 4.64. The molecule has 0 spiro atoms. The zero-order valence-electron chi connectivity index (χ0n) is 14.6. The summed E-state index contributed by atoms with van der Waals surface area (Å²) in [6, 6.07) is 9.14. The monoisotopic (exact) mass is 358 g/mol. The minimum absolute atomic E-state index is 0.00453. The van der Waals surface area contributed by atoms with Gasteiger partial charge in [0, 0.05) is 28.8 Å². The first kappa shape index (κ1) is 18.0. The molecule has 0 aliphatic heterocycles. The molecule has 26 heavy (non-hydrogen) atoms. The number of amides is 2. The van der Waals surface area contributed by atoms with Gasteiger partial charge in [0.1, 0.15) is 11.6 Å². The first-order valence-corrected chi connectivity index (χ1v) is 8.52. The Kier molecular flexibility index (Phi) is 5.02. The Hall–Kier alpha value is -2.76. The molecular weight excluding hydrogens is 338 g/mol. The lowest BCUT2D eigenvalue weighted by Crippen LogP contribution is -2.27. The normalized spacial score (nSPS) is 19.5. The van der Waals surface area contributed by atoms with Crippen LogP contribution in [0.15, 0.2) is 42.5 Å². The predicted octanol–water partition coefficient (Wildman–Crippen LogP) is 4.05. The number of hydrogen-bond acceptors (Lipinski definition) is 2. The number of anilines is 1. The second-order valence-corrected chi connectivity index (χ2v) is 6.75. The fourth-order valence-corrected chi connectivity index (χ4v) is 2.84. The fourth-order valence-electron chi connectivity index (χ4n) is 2.84. The van der Waals surface area contributed by atoms with Crippen molar-refractivity contribution in [3.05, 3.63) is 65.2 Å². The van der Waals surface area contributed by atoms with Gasteiger partial charge in [-0.25, -0.2) is 8.78 Å². The van der Waals surface area contributed by atoms with Crippen molar-refractivity contribution in [3.63, 3.8) is 0 Å². The highest BCUT2D eigenvalue weighted by Crippen LogP contribution is 2.38. The summed E-state index contributed by atoms with van der Waals surface area (Å²) < 4.78 is 26.8. The van der Waals surface area contributed by atoms with Crippen molar-refractivity contribution >= 4 is 17.5 Å². The number of rotatable bonds is 5. The van der Waals surface area contributed by atoms with Crippen molar-refractivity contribution in [1.29, 1.82) is 0 Å². The Morgan fingerprint density at radius 3 is 2.35 bits per heavy atom.